The molecule has 1 fully saturated rings. The highest BCUT2D eigenvalue weighted by Gasteiger charge is 2.31. The number of hydrogen-bond acceptors (Lipinski definition) is 4. The van der Waals surface area contributed by atoms with Crippen LogP contribution in [0.5, 0.6) is 0 Å². The second kappa shape index (κ2) is 6.87. The topological polar surface area (TPSA) is 67.4 Å². The molecule has 1 aliphatic rings. The lowest BCUT2D eigenvalue weighted by molar-refractivity contribution is 0.0916. The van der Waals surface area contributed by atoms with Crippen molar-refractivity contribution < 1.29 is 13.2 Å². The smallest absolute Gasteiger partial charge is 0.240 e. The van der Waals surface area contributed by atoms with Crippen LogP contribution >= 0.6 is 0 Å². The van der Waals surface area contributed by atoms with Crippen LogP contribution in [0.1, 0.15) is 37.8 Å². The summed E-state index contributed by atoms with van der Waals surface area (Å²) in [5.41, 5.74) is 1.06. The first-order valence-corrected chi connectivity index (χ1v) is 8.78. The van der Waals surface area contributed by atoms with Crippen LogP contribution in [0.2, 0.25) is 0 Å². The first-order valence-electron chi connectivity index (χ1n) is 7.30. The number of hydrogen-bond donors (Lipinski definition) is 2. The molecule has 0 spiro atoms. The zero-order chi connectivity index (χ0) is 15.5. The molecule has 1 saturated carbocycles. The lowest BCUT2D eigenvalue weighted by Crippen LogP contribution is -2.40. The van der Waals surface area contributed by atoms with E-state index in [-0.39, 0.29) is 18.2 Å². The highest BCUT2D eigenvalue weighted by Crippen LogP contribution is 2.24. The van der Waals surface area contributed by atoms with Gasteiger partial charge in [0.15, 0.2) is 0 Å². The van der Waals surface area contributed by atoms with Gasteiger partial charge in [0.1, 0.15) is 0 Å². The van der Waals surface area contributed by atoms with E-state index < -0.39 is 10.0 Å². The highest BCUT2D eigenvalue weighted by molar-refractivity contribution is 7.89. The molecule has 0 radical (unpaired) electrons. The van der Waals surface area contributed by atoms with Crippen molar-refractivity contribution in [2.45, 2.75) is 49.3 Å². The van der Waals surface area contributed by atoms with Crippen LogP contribution in [0.25, 0.3) is 0 Å². The summed E-state index contributed by atoms with van der Waals surface area (Å²) in [4.78, 5) is 0.302. The molecular formula is C15H24N2O3S. The molecule has 3 unspecified atom stereocenters. The molecule has 118 valence electrons. The fourth-order valence-electron chi connectivity index (χ4n) is 2.71. The predicted molar refractivity (Wildman–Crippen MR) is 82.7 cm³/mol. The monoisotopic (exact) mass is 312 g/mol. The normalized spacial score (nSPS) is 24.1. The third-order valence-electron chi connectivity index (χ3n) is 4.19. The van der Waals surface area contributed by atoms with Crippen LogP contribution in [0.3, 0.4) is 0 Å². The predicted octanol–water partition coefficient (Wildman–Crippen LogP) is 1.81. The molecule has 1 aliphatic carbocycles. The van der Waals surface area contributed by atoms with Crippen molar-refractivity contribution in [2.75, 3.05) is 14.2 Å². The third-order valence-corrected chi connectivity index (χ3v) is 5.69. The van der Waals surface area contributed by atoms with Crippen LogP contribution in [0.15, 0.2) is 29.2 Å². The van der Waals surface area contributed by atoms with Crippen LogP contribution in [0.4, 0.5) is 0 Å². The summed E-state index contributed by atoms with van der Waals surface area (Å²) in [6.45, 7) is 2.03. The Hall–Kier alpha value is -0.950. The van der Waals surface area contributed by atoms with Crippen molar-refractivity contribution in [1.82, 2.24) is 10.0 Å². The molecule has 21 heavy (non-hydrogen) atoms. The SMILES string of the molecule is CNC(C)c1ccc(S(=O)(=O)NC2CCCC2OC)cc1. The van der Waals surface area contributed by atoms with Crippen molar-refractivity contribution in [3.63, 3.8) is 0 Å². The fourth-order valence-corrected chi connectivity index (χ4v) is 4.01. The van der Waals surface area contributed by atoms with Gasteiger partial charge in [0, 0.05) is 19.2 Å². The van der Waals surface area contributed by atoms with E-state index in [1.165, 1.54) is 0 Å². The average molecular weight is 312 g/mol. The molecule has 2 N–H and O–H groups in total. The summed E-state index contributed by atoms with van der Waals surface area (Å²) in [5, 5.41) is 3.13. The first kappa shape index (κ1) is 16.4. The number of nitrogens with one attached hydrogen (secondary N) is 2. The maximum atomic E-state index is 12.4. The summed E-state index contributed by atoms with van der Waals surface area (Å²) in [6.07, 6.45) is 2.70. The second-order valence-corrected chi connectivity index (χ2v) is 7.23. The molecule has 0 aliphatic heterocycles. The van der Waals surface area contributed by atoms with E-state index in [2.05, 4.69) is 10.0 Å². The molecule has 5 nitrogen and oxygen atoms in total. The lowest BCUT2D eigenvalue weighted by Gasteiger charge is -2.20. The summed E-state index contributed by atoms with van der Waals surface area (Å²) < 4.78 is 32.9. The lowest BCUT2D eigenvalue weighted by atomic mass is 10.1. The summed E-state index contributed by atoms with van der Waals surface area (Å²) in [5.74, 6) is 0. The number of sulfonamides is 1. The van der Waals surface area contributed by atoms with Gasteiger partial charge < -0.3 is 10.1 Å². The van der Waals surface area contributed by atoms with Gasteiger partial charge in [0.2, 0.25) is 10.0 Å². The molecular weight excluding hydrogens is 288 g/mol. The van der Waals surface area contributed by atoms with Gasteiger partial charge in [-0.05, 0) is 50.9 Å². The number of methoxy groups -OCH3 is 1. The van der Waals surface area contributed by atoms with Crippen molar-refractivity contribution in [3.8, 4) is 0 Å². The minimum absolute atomic E-state index is 0.0247. The Bertz CT molecular complexity index is 557. The molecule has 1 aromatic carbocycles. The van der Waals surface area contributed by atoms with Gasteiger partial charge in [-0.25, -0.2) is 13.1 Å². The van der Waals surface area contributed by atoms with Crippen LogP contribution in [0, 0.1) is 0 Å². The van der Waals surface area contributed by atoms with Crippen LogP contribution < -0.4 is 10.0 Å². The zero-order valence-electron chi connectivity index (χ0n) is 12.8. The first-order chi connectivity index (χ1) is 9.97. The van der Waals surface area contributed by atoms with Gasteiger partial charge in [0.25, 0.3) is 0 Å². The van der Waals surface area contributed by atoms with Crippen molar-refractivity contribution >= 4 is 10.0 Å². The Morgan fingerprint density at radius 1 is 1.24 bits per heavy atom. The minimum atomic E-state index is -3.49. The fraction of sp³-hybridized carbons (Fsp3) is 0.600. The molecule has 2 rings (SSSR count). The summed E-state index contributed by atoms with van der Waals surface area (Å²) in [6, 6.07) is 7.07. The molecule has 0 aromatic heterocycles. The Morgan fingerprint density at radius 2 is 1.90 bits per heavy atom. The van der Waals surface area contributed by atoms with E-state index >= 15 is 0 Å². The minimum Gasteiger partial charge on any atom is -0.380 e. The molecule has 0 bridgehead atoms. The Kier molecular flexibility index (Phi) is 5.37. The molecule has 0 amide bonds. The quantitative estimate of drug-likeness (QED) is 0.841. The molecule has 3 atom stereocenters. The molecule has 1 aromatic rings. The molecule has 0 saturated heterocycles. The van der Waals surface area contributed by atoms with Crippen LogP contribution in [-0.2, 0) is 14.8 Å². The van der Waals surface area contributed by atoms with E-state index in [0.717, 1.165) is 24.8 Å². The van der Waals surface area contributed by atoms with Crippen LogP contribution in [-0.4, -0.2) is 34.7 Å². The number of ether oxygens (including phenoxy) is 1. The van der Waals surface area contributed by atoms with Gasteiger partial charge in [-0.1, -0.05) is 12.1 Å². The van der Waals surface area contributed by atoms with Gasteiger partial charge in [-0.3, -0.25) is 0 Å². The summed E-state index contributed by atoms with van der Waals surface area (Å²) in [7, 11) is 0.0207. The van der Waals surface area contributed by atoms with E-state index in [9.17, 15) is 8.42 Å². The van der Waals surface area contributed by atoms with E-state index in [0.29, 0.717) is 4.90 Å². The number of rotatable bonds is 6. The second-order valence-electron chi connectivity index (χ2n) is 5.51. The summed E-state index contributed by atoms with van der Waals surface area (Å²) >= 11 is 0. The van der Waals surface area contributed by atoms with Crippen molar-refractivity contribution in [2.24, 2.45) is 0 Å². The van der Waals surface area contributed by atoms with Gasteiger partial charge in [-0.2, -0.15) is 0 Å². The van der Waals surface area contributed by atoms with Gasteiger partial charge in [0.05, 0.1) is 11.0 Å². The standard InChI is InChI=1S/C15H24N2O3S/c1-11(16-2)12-7-9-13(10-8-12)21(18,19)17-14-5-4-6-15(14)20-3/h7-11,14-17H,4-6H2,1-3H3. The third kappa shape index (κ3) is 3.83. The maximum absolute atomic E-state index is 12.4. The molecule has 0 heterocycles. The average Bonchev–Trinajstić information content (AvgIpc) is 2.93. The van der Waals surface area contributed by atoms with Gasteiger partial charge in [-0.15, -0.1) is 0 Å². The van der Waals surface area contributed by atoms with Crippen molar-refractivity contribution in [3.05, 3.63) is 29.8 Å². The maximum Gasteiger partial charge on any atom is 0.240 e. The van der Waals surface area contributed by atoms with Crippen molar-refractivity contribution in [1.29, 1.82) is 0 Å². The Morgan fingerprint density at radius 3 is 2.48 bits per heavy atom. The zero-order valence-corrected chi connectivity index (χ0v) is 13.6. The highest BCUT2D eigenvalue weighted by atomic mass is 32.2. The van der Waals surface area contributed by atoms with Gasteiger partial charge >= 0.3 is 0 Å². The Labute approximate surface area is 127 Å². The van der Waals surface area contributed by atoms with E-state index in [1.807, 2.05) is 26.1 Å². The largest absolute Gasteiger partial charge is 0.380 e. The van der Waals surface area contributed by atoms with E-state index in [4.69, 9.17) is 4.74 Å². The Balaban J connectivity index is 2.12. The number of benzene rings is 1. The molecule has 6 heteroatoms. The van der Waals surface area contributed by atoms with E-state index in [1.54, 1.807) is 19.2 Å².